The smallest absolute Gasteiger partial charge is 0.315 e. The van der Waals surface area contributed by atoms with E-state index in [9.17, 15) is 4.21 Å². The molecule has 0 aliphatic rings. The molecule has 3 N–H and O–H groups in total. The van der Waals surface area contributed by atoms with Crippen molar-refractivity contribution in [2.75, 3.05) is 17.3 Å². The summed E-state index contributed by atoms with van der Waals surface area (Å²) in [6.45, 7) is 2.12. The van der Waals surface area contributed by atoms with Crippen molar-refractivity contribution in [2.45, 2.75) is 19.5 Å². The summed E-state index contributed by atoms with van der Waals surface area (Å²) in [5, 5.41) is 10.4. The minimum Gasteiger partial charge on any atom is -0.407 e. The van der Waals surface area contributed by atoms with Gasteiger partial charge in [-0.05, 0) is 6.92 Å². The number of aromatic nitrogens is 2. The number of nitrogens with one attached hydrogen (secondary N) is 1. The number of nitrogens with zero attached hydrogens (tertiary/aromatic N) is 2. The summed E-state index contributed by atoms with van der Waals surface area (Å²) >= 11 is 0. The summed E-state index contributed by atoms with van der Waals surface area (Å²) in [6.07, 6.45) is 1.65. The molecule has 0 radical (unpaired) electrons. The molecule has 0 bridgehead atoms. The third-order valence-corrected chi connectivity index (χ3v) is 2.47. The van der Waals surface area contributed by atoms with Crippen molar-refractivity contribution >= 4 is 16.8 Å². The Hall–Kier alpha value is -0.950. The van der Waals surface area contributed by atoms with Gasteiger partial charge in [0.25, 0.3) is 0 Å². The fourth-order valence-corrected chi connectivity index (χ4v) is 1.79. The molecule has 2 unspecified atom stereocenters. The number of rotatable bonds is 5. The van der Waals surface area contributed by atoms with Gasteiger partial charge in [0.05, 0.1) is 6.54 Å². The monoisotopic (exact) mass is 218 g/mol. The van der Waals surface area contributed by atoms with Crippen LogP contribution in [0.25, 0.3) is 0 Å². The Labute approximate surface area is 84.7 Å². The highest BCUT2D eigenvalue weighted by molar-refractivity contribution is 7.84. The molecule has 0 saturated carbocycles. The highest BCUT2D eigenvalue weighted by atomic mass is 32.2. The van der Waals surface area contributed by atoms with Gasteiger partial charge >= 0.3 is 6.01 Å². The van der Waals surface area contributed by atoms with Crippen LogP contribution >= 0.6 is 0 Å². The van der Waals surface area contributed by atoms with Gasteiger partial charge in [-0.25, -0.2) is 0 Å². The molecule has 1 aromatic heterocycles. The van der Waals surface area contributed by atoms with Crippen molar-refractivity contribution in [2.24, 2.45) is 5.73 Å². The highest BCUT2D eigenvalue weighted by Crippen LogP contribution is 2.06. The zero-order chi connectivity index (χ0) is 10.6. The lowest BCUT2D eigenvalue weighted by atomic mass is 10.4. The molecule has 1 heterocycles. The molecule has 1 rings (SSSR count). The van der Waals surface area contributed by atoms with Crippen molar-refractivity contribution < 1.29 is 8.63 Å². The first kappa shape index (κ1) is 11.1. The third-order valence-electron chi connectivity index (χ3n) is 1.50. The zero-order valence-corrected chi connectivity index (χ0v) is 9.00. The predicted octanol–water partition coefficient (Wildman–Crippen LogP) is -0.293. The van der Waals surface area contributed by atoms with E-state index in [1.165, 1.54) is 0 Å². The molecule has 0 aromatic carbocycles. The standard InChI is InChI=1S/C7H14N4O2S/c1-5(4-14(2)12)9-7-11-10-6(3-8)13-7/h5H,3-4,8H2,1-2H3,(H,9,11). The van der Waals surface area contributed by atoms with E-state index in [1.54, 1.807) is 6.26 Å². The van der Waals surface area contributed by atoms with E-state index in [1.807, 2.05) is 6.92 Å². The van der Waals surface area contributed by atoms with E-state index in [4.69, 9.17) is 10.2 Å². The van der Waals surface area contributed by atoms with Crippen molar-refractivity contribution in [1.29, 1.82) is 0 Å². The molecule has 0 aliphatic carbocycles. The van der Waals surface area contributed by atoms with E-state index in [2.05, 4.69) is 15.5 Å². The maximum absolute atomic E-state index is 10.9. The molecule has 0 amide bonds. The fourth-order valence-electron chi connectivity index (χ4n) is 0.999. The minimum atomic E-state index is -0.841. The van der Waals surface area contributed by atoms with Gasteiger partial charge in [0.1, 0.15) is 0 Å². The lowest BCUT2D eigenvalue weighted by Crippen LogP contribution is -2.22. The third kappa shape index (κ3) is 3.43. The van der Waals surface area contributed by atoms with Crippen molar-refractivity contribution in [3.63, 3.8) is 0 Å². The maximum Gasteiger partial charge on any atom is 0.315 e. The van der Waals surface area contributed by atoms with Gasteiger partial charge in [0.2, 0.25) is 5.89 Å². The first-order valence-corrected chi connectivity index (χ1v) is 5.93. The summed E-state index contributed by atoms with van der Waals surface area (Å²) in [7, 11) is -0.841. The maximum atomic E-state index is 10.9. The van der Waals surface area contributed by atoms with E-state index in [0.717, 1.165) is 0 Å². The van der Waals surface area contributed by atoms with Gasteiger partial charge in [0.15, 0.2) is 0 Å². The summed E-state index contributed by atoms with van der Waals surface area (Å²) < 4.78 is 16.0. The summed E-state index contributed by atoms with van der Waals surface area (Å²) in [5.74, 6) is 0.928. The number of anilines is 1. The first-order valence-electron chi connectivity index (χ1n) is 4.21. The second-order valence-corrected chi connectivity index (χ2v) is 4.47. The molecule has 14 heavy (non-hydrogen) atoms. The molecular formula is C7H14N4O2S. The quantitative estimate of drug-likeness (QED) is 0.705. The number of hydrogen-bond acceptors (Lipinski definition) is 6. The SMILES string of the molecule is CC(CS(C)=O)Nc1nnc(CN)o1. The van der Waals surface area contributed by atoms with Crippen LogP contribution in [0, 0.1) is 0 Å². The van der Waals surface area contributed by atoms with Crippen LogP contribution < -0.4 is 11.1 Å². The van der Waals surface area contributed by atoms with E-state index in [-0.39, 0.29) is 12.6 Å². The molecule has 0 fully saturated rings. The van der Waals surface area contributed by atoms with Crippen LogP contribution in [-0.2, 0) is 17.3 Å². The Morgan fingerprint density at radius 1 is 1.64 bits per heavy atom. The van der Waals surface area contributed by atoms with Crippen molar-refractivity contribution in [3.8, 4) is 0 Å². The summed E-state index contributed by atoms with van der Waals surface area (Å²) in [6, 6.07) is 0.357. The van der Waals surface area contributed by atoms with Crippen molar-refractivity contribution in [1.82, 2.24) is 10.2 Å². The van der Waals surface area contributed by atoms with E-state index in [0.29, 0.717) is 17.7 Å². The normalized spacial score (nSPS) is 15.1. The van der Waals surface area contributed by atoms with Crippen LogP contribution in [0.15, 0.2) is 4.42 Å². The first-order chi connectivity index (χ1) is 6.61. The Morgan fingerprint density at radius 2 is 2.36 bits per heavy atom. The highest BCUT2D eigenvalue weighted by Gasteiger charge is 2.09. The van der Waals surface area contributed by atoms with Crippen LogP contribution in [0.5, 0.6) is 0 Å². The lowest BCUT2D eigenvalue weighted by molar-refractivity contribution is 0.504. The molecule has 1 aromatic rings. The summed E-state index contributed by atoms with van der Waals surface area (Å²) in [5.41, 5.74) is 5.30. The largest absolute Gasteiger partial charge is 0.407 e. The topological polar surface area (TPSA) is 94.0 Å². The summed E-state index contributed by atoms with van der Waals surface area (Å²) in [4.78, 5) is 0. The van der Waals surface area contributed by atoms with Crippen LogP contribution in [0.2, 0.25) is 0 Å². The zero-order valence-electron chi connectivity index (χ0n) is 8.19. The molecule has 0 aliphatic heterocycles. The van der Waals surface area contributed by atoms with Gasteiger partial charge < -0.3 is 15.5 Å². The molecule has 6 nitrogen and oxygen atoms in total. The fraction of sp³-hybridized carbons (Fsp3) is 0.714. The van der Waals surface area contributed by atoms with Crippen molar-refractivity contribution in [3.05, 3.63) is 5.89 Å². The van der Waals surface area contributed by atoms with Gasteiger partial charge in [-0.15, -0.1) is 5.10 Å². The number of nitrogens with two attached hydrogens (primary N) is 1. The molecule has 2 atom stereocenters. The Kier molecular flexibility index (Phi) is 4.02. The molecule has 0 saturated heterocycles. The van der Waals surface area contributed by atoms with Crippen LogP contribution in [0.4, 0.5) is 6.01 Å². The average molecular weight is 218 g/mol. The average Bonchev–Trinajstić information content (AvgIpc) is 2.50. The Balaban J connectivity index is 2.47. The van der Waals surface area contributed by atoms with E-state index < -0.39 is 10.8 Å². The Morgan fingerprint density at radius 3 is 2.86 bits per heavy atom. The molecule has 80 valence electrons. The van der Waals surface area contributed by atoms with Gasteiger partial charge in [-0.1, -0.05) is 5.10 Å². The lowest BCUT2D eigenvalue weighted by Gasteiger charge is -2.08. The molecule has 0 spiro atoms. The second kappa shape index (κ2) is 5.06. The van der Waals surface area contributed by atoms with Gasteiger partial charge in [0, 0.05) is 28.9 Å². The van der Waals surface area contributed by atoms with E-state index >= 15 is 0 Å². The molecule has 7 heteroatoms. The van der Waals surface area contributed by atoms with Gasteiger partial charge in [-0.2, -0.15) is 0 Å². The Bertz CT molecular complexity index is 314. The predicted molar refractivity (Wildman–Crippen MR) is 54.2 cm³/mol. The molecular weight excluding hydrogens is 204 g/mol. The minimum absolute atomic E-state index is 0.0342. The van der Waals surface area contributed by atoms with Gasteiger partial charge in [-0.3, -0.25) is 4.21 Å². The van der Waals surface area contributed by atoms with Crippen LogP contribution in [0.1, 0.15) is 12.8 Å². The van der Waals surface area contributed by atoms with Crippen LogP contribution in [0.3, 0.4) is 0 Å². The number of hydrogen-bond donors (Lipinski definition) is 2. The second-order valence-electron chi connectivity index (χ2n) is 2.99. The van der Waals surface area contributed by atoms with Crippen LogP contribution in [-0.4, -0.2) is 32.5 Å².